The largest absolute Gasteiger partial charge is 0.251 e. The smallest absolute Gasteiger partial charge is 0.181 e. The Bertz CT molecular complexity index is 602. The number of pyridine rings is 1. The van der Waals surface area contributed by atoms with E-state index < -0.39 is 0 Å². The Hall–Kier alpha value is -0.710. The van der Waals surface area contributed by atoms with Crippen molar-refractivity contribution in [3.63, 3.8) is 0 Å². The molecule has 3 nitrogen and oxygen atoms in total. The molecule has 2 heterocycles. The zero-order chi connectivity index (χ0) is 14.0. The predicted molar refractivity (Wildman–Crippen MR) is 81.5 cm³/mol. The maximum atomic E-state index is 6.14. The van der Waals surface area contributed by atoms with Gasteiger partial charge in [-0.3, -0.25) is 4.98 Å². The lowest BCUT2D eigenvalue weighted by Gasteiger charge is -2.10. The first-order chi connectivity index (χ1) is 8.99. The van der Waals surface area contributed by atoms with Crippen LogP contribution in [0.5, 0.6) is 0 Å². The van der Waals surface area contributed by atoms with Gasteiger partial charge in [-0.15, -0.1) is 0 Å². The topological polar surface area (TPSA) is 38.7 Å². The molecule has 19 heavy (non-hydrogen) atoms. The third kappa shape index (κ3) is 3.44. The second-order valence-electron chi connectivity index (χ2n) is 4.53. The van der Waals surface area contributed by atoms with Gasteiger partial charge in [-0.25, -0.2) is 9.97 Å². The summed E-state index contributed by atoms with van der Waals surface area (Å²) in [5.41, 5.74) is 1.41. The van der Waals surface area contributed by atoms with Crippen molar-refractivity contribution >= 4 is 39.1 Å². The lowest BCUT2D eigenvalue weighted by atomic mass is 10.1. The maximum absolute atomic E-state index is 6.14. The van der Waals surface area contributed by atoms with Crippen LogP contribution in [0.1, 0.15) is 19.5 Å². The Labute approximate surface area is 130 Å². The SMILES string of the molecule is CC(C)Cc1nc(-c2ncccc2Cl)nc(Cl)c1Br. The minimum absolute atomic E-state index is 0.377. The third-order valence-electron chi connectivity index (χ3n) is 2.45. The lowest BCUT2D eigenvalue weighted by Crippen LogP contribution is -2.03. The fraction of sp³-hybridized carbons (Fsp3) is 0.308. The number of hydrogen-bond acceptors (Lipinski definition) is 3. The lowest BCUT2D eigenvalue weighted by molar-refractivity contribution is 0.632. The van der Waals surface area contributed by atoms with Crippen molar-refractivity contribution in [3.8, 4) is 11.5 Å². The molecule has 0 aromatic carbocycles. The molecule has 0 atom stereocenters. The molecule has 0 N–H and O–H groups in total. The zero-order valence-corrected chi connectivity index (χ0v) is 13.6. The maximum Gasteiger partial charge on any atom is 0.181 e. The van der Waals surface area contributed by atoms with Crippen LogP contribution in [0.2, 0.25) is 10.2 Å². The molecule has 0 amide bonds. The summed E-state index contributed by atoms with van der Waals surface area (Å²) in [6.45, 7) is 4.24. The number of halogens is 3. The van der Waals surface area contributed by atoms with E-state index in [2.05, 4.69) is 44.7 Å². The van der Waals surface area contributed by atoms with Gasteiger partial charge in [0.2, 0.25) is 0 Å². The van der Waals surface area contributed by atoms with Gasteiger partial charge >= 0.3 is 0 Å². The molecule has 0 saturated carbocycles. The van der Waals surface area contributed by atoms with Gasteiger partial charge in [-0.2, -0.15) is 0 Å². The Morgan fingerprint density at radius 3 is 2.63 bits per heavy atom. The van der Waals surface area contributed by atoms with E-state index in [9.17, 15) is 0 Å². The molecule has 2 aromatic heterocycles. The molecule has 0 unspecified atom stereocenters. The van der Waals surface area contributed by atoms with Crippen molar-refractivity contribution in [2.45, 2.75) is 20.3 Å². The molecule has 0 saturated heterocycles. The van der Waals surface area contributed by atoms with E-state index in [1.165, 1.54) is 0 Å². The summed E-state index contributed by atoms with van der Waals surface area (Å²) < 4.78 is 0.735. The minimum atomic E-state index is 0.377. The van der Waals surface area contributed by atoms with Crippen molar-refractivity contribution in [1.29, 1.82) is 0 Å². The van der Waals surface area contributed by atoms with Crippen LogP contribution < -0.4 is 0 Å². The third-order valence-corrected chi connectivity index (χ3v) is 4.09. The van der Waals surface area contributed by atoms with Crippen LogP contribution in [-0.4, -0.2) is 15.0 Å². The van der Waals surface area contributed by atoms with Crippen LogP contribution in [-0.2, 0) is 6.42 Å². The summed E-state index contributed by atoms with van der Waals surface area (Å²) >= 11 is 15.7. The Morgan fingerprint density at radius 1 is 1.26 bits per heavy atom. The molecule has 0 aliphatic heterocycles. The first-order valence-corrected chi connectivity index (χ1v) is 7.36. The number of aromatic nitrogens is 3. The average molecular weight is 361 g/mol. The molecular weight excluding hydrogens is 349 g/mol. The molecule has 2 aromatic rings. The van der Waals surface area contributed by atoms with Gasteiger partial charge in [0, 0.05) is 6.20 Å². The normalized spacial score (nSPS) is 11.1. The molecule has 0 spiro atoms. The van der Waals surface area contributed by atoms with Crippen molar-refractivity contribution < 1.29 is 0 Å². The monoisotopic (exact) mass is 359 g/mol. The average Bonchev–Trinajstić information content (AvgIpc) is 2.35. The molecule has 0 radical (unpaired) electrons. The summed E-state index contributed by atoms with van der Waals surface area (Å²) in [5, 5.41) is 0.888. The minimum Gasteiger partial charge on any atom is -0.251 e. The Kier molecular flexibility index (Phi) is 4.76. The zero-order valence-electron chi connectivity index (χ0n) is 10.5. The molecule has 0 aliphatic carbocycles. The van der Waals surface area contributed by atoms with Crippen LogP contribution in [0.4, 0.5) is 0 Å². The Morgan fingerprint density at radius 2 is 2.00 bits per heavy atom. The second-order valence-corrected chi connectivity index (χ2v) is 6.09. The standard InChI is InChI=1S/C13H12BrCl2N3/c1-7(2)6-9-10(14)12(16)19-13(18-9)11-8(15)4-3-5-17-11/h3-5,7H,6H2,1-2H3. The summed E-state index contributed by atoms with van der Waals surface area (Å²) in [6, 6.07) is 3.52. The number of rotatable bonds is 3. The van der Waals surface area contributed by atoms with Crippen LogP contribution in [0.3, 0.4) is 0 Å². The Balaban J connectivity index is 2.54. The van der Waals surface area contributed by atoms with Crippen LogP contribution in [0.25, 0.3) is 11.5 Å². The molecule has 0 fully saturated rings. The van der Waals surface area contributed by atoms with E-state index in [1.807, 2.05) is 0 Å². The fourth-order valence-electron chi connectivity index (χ4n) is 1.64. The molecule has 6 heteroatoms. The molecule has 0 aliphatic rings. The van der Waals surface area contributed by atoms with E-state index in [0.717, 1.165) is 16.6 Å². The van der Waals surface area contributed by atoms with E-state index >= 15 is 0 Å². The van der Waals surface area contributed by atoms with E-state index in [-0.39, 0.29) is 0 Å². The first-order valence-electron chi connectivity index (χ1n) is 5.82. The van der Waals surface area contributed by atoms with Crippen LogP contribution >= 0.6 is 39.1 Å². The van der Waals surface area contributed by atoms with E-state index in [1.54, 1.807) is 18.3 Å². The van der Waals surface area contributed by atoms with Crippen molar-refractivity contribution in [1.82, 2.24) is 15.0 Å². The highest BCUT2D eigenvalue weighted by atomic mass is 79.9. The number of nitrogens with zero attached hydrogens (tertiary/aromatic N) is 3. The van der Waals surface area contributed by atoms with E-state index in [4.69, 9.17) is 23.2 Å². The number of hydrogen-bond donors (Lipinski definition) is 0. The molecular formula is C13H12BrCl2N3. The van der Waals surface area contributed by atoms with Gasteiger partial charge in [-0.1, -0.05) is 37.0 Å². The van der Waals surface area contributed by atoms with Gasteiger partial charge in [-0.05, 0) is 40.4 Å². The summed E-state index contributed by atoms with van der Waals surface area (Å²) in [7, 11) is 0. The molecule has 0 bridgehead atoms. The van der Waals surface area contributed by atoms with Gasteiger partial charge < -0.3 is 0 Å². The second kappa shape index (κ2) is 6.16. The van der Waals surface area contributed by atoms with Crippen molar-refractivity contribution in [2.24, 2.45) is 5.92 Å². The van der Waals surface area contributed by atoms with E-state index in [0.29, 0.717) is 27.6 Å². The predicted octanol–water partition coefficient (Wildman–Crippen LogP) is 4.81. The molecule has 100 valence electrons. The van der Waals surface area contributed by atoms with Gasteiger partial charge in [0.05, 0.1) is 15.2 Å². The van der Waals surface area contributed by atoms with Gasteiger partial charge in [0.15, 0.2) is 5.82 Å². The van der Waals surface area contributed by atoms with Gasteiger partial charge in [0.25, 0.3) is 0 Å². The summed E-state index contributed by atoms with van der Waals surface area (Å²) in [5.74, 6) is 0.920. The van der Waals surface area contributed by atoms with Gasteiger partial charge in [0.1, 0.15) is 10.8 Å². The van der Waals surface area contributed by atoms with Crippen molar-refractivity contribution in [3.05, 3.63) is 38.7 Å². The quantitative estimate of drug-likeness (QED) is 0.737. The highest BCUT2D eigenvalue weighted by Gasteiger charge is 2.15. The summed E-state index contributed by atoms with van der Waals surface area (Å²) in [6.07, 6.45) is 2.46. The van der Waals surface area contributed by atoms with Crippen molar-refractivity contribution in [2.75, 3.05) is 0 Å². The first kappa shape index (κ1) is 14.7. The van der Waals surface area contributed by atoms with Crippen LogP contribution in [0, 0.1) is 5.92 Å². The fourth-order valence-corrected chi connectivity index (χ4v) is 2.38. The highest BCUT2D eigenvalue weighted by molar-refractivity contribution is 9.10. The summed E-state index contributed by atoms with van der Waals surface area (Å²) in [4.78, 5) is 13.0. The molecule has 2 rings (SSSR count). The highest BCUT2D eigenvalue weighted by Crippen LogP contribution is 2.30. The van der Waals surface area contributed by atoms with Crippen LogP contribution in [0.15, 0.2) is 22.8 Å².